The van der Waals surface area contributed by atoms with Crippen molar-refractivity contribution in [2.24, 2.45) is 0 Å². The fraction of sp³-hybridized carbons (Fsp3) is 0. The molecule has 0 N–H and O–H groups in total. The quantitative estimate of drug-likeness (QED) is 0.160. The number of rotatable bonds is 6. The van der Waals surface area contributed by atoms with Gasteiger partial charge in [-0.25, -0.2) is 15.0 Å². The van der Waals surface area contributed by atoms with E-state index in [0.717, 1.165) is 99.8 Å². The summed E-state index contributed by atoms with van der Waals surface area (Å²) in [4.78, 5) is 15.1. The van der Waals surface area contributed by atoms with Gasteiger partial charge in [-0.3, -0.25) is 0 Å². The van der Waals surface area contributed by atoms with Crippen LogP contribution in [0.25, 0.3) is 111 Å². The lowest BCUT2D eigenvalue weighted by Gasteiger charge is -2.11. The number of benzene rings is 8. The first kappa shape index (κ1) is 32.7. The molecule has 0 aliphatic heterocycles. The van der Waals surface area contributed by atoms with Crippen molar-refractivity contribution in [1.29, 1.82) is 0 Å². The van der Waals surface area contributed by atoms with Crippen molar-refractivity contribution in [3.8, 4) is 67.4 Å². The summed E-state index contributed by atoms with van der Waals surface area (Å²) in [7, 11) is 0. The Morgan fingerprint density at radius 3 is 1.56 bits per heavy atom. The van der Waals surface area contributed by atoms with Crippen molar-refractivity contribution in [3.63, 3.8) is 0 Å². The molecular weight excluding hydrogens is 695 g/mol. The van der Waals surface area contributed by atoms with E-state index in [9.17, 15) is 0 Å². The number of hydrogen-bond acceptors (Lipinski definition) is 4. The first-order valence-electron chi connectivity index (χ1n) is 19.2. The van der Waals surface area contributed by atoms with Gasteiger partial charge in [-0.1, -0.05) is 176 Å². The lowest BCUT2D eigenvalue weighted by atomic mass is 9.95. The maximum atomic E-state index is 6.75. The molecule has 0 atom stereocenters. The molecule has 0 unspecified atom stereocenters. The molecule has 11 aromatic rings. The summed E-state index contributed by atoms with van der Waals surface area (Å²) in [6.07, 6.45) is 0. The molecule has 0 fully saturated rings. The Morgan fingerprint density at radius 2 is 0.877 bits per heavy atom. The largest absolute Gasteiger partial charge is 0.455 e. The van der Waals surface area contributed by atoms with Gasteiger partial charge in [-0.15, -0.1) is 0 Å². The molecule has 11 rings (SSSR count). The Kier molecular flexibility index (Phi) is 7.78. The Balaban J connectivity index is 0.963. The van der Waals surface area contributed by atoms with Gasteiger partial charge in [0.05, 0.1) is 22.6 Å². The highest BCUT2D eigenvalue weighted by atomic mass is 16.3. The van der Waals surface area contributed by atoms with Gasteiger partial charge in [0, 0.05) is 54.7 Å². The minimum Gasteiger partial charge on any atom is -0.455 e. The molecule has 57 heavy (non-hydrogen) atoms. The summed E-state index contributed by atoms with van der Waals surface area (Å²) in [6.45, 7) is 0. The second kappa shape index (κ2) is 13.6. The second-order valence-electron chi connectivity index (χ2n) is 14.3. The zero-order valence-corrected chi connectivity index (χ0v) is 30.8. The van der Waals surface area contributed by atoms with Crippen molar-refractivity contribution in [2.45, 2.75) is 0 Å². The van der Waals surface area contributed by atoms with Crippen LogP contribution in [0.3, 0.4) is 0 Å². The monoisotopic (exact) mass is 727 g/mol. The number of pyridine rings is 1. The molecule has 0 radical (unpaired) electrons. The van der Waals surface area contributed by atoms with Gasteiger partial charge in [-0.05, 0) is 41.0 Å². The summed E-state index contributed by atoms with van der Waals surface area (Å²) in [5.41, 5.74) is 14.1. The third-order valence-electron chi connectivity index (χ3n) is 10.9. The molecule has 0 saturated heterocycles. The lowest BCUT2D eigenvalue weighted by Crippen LogP contribution is -1.95. The molecule has 0 spiro atoms. The summed E-state index contributed by atoms with van der Waals surface area (Å²) in [5, 5.41) is 5.62. The number of nitrogens with zero attached hydrogens (tertiary/aromatic N) is 3. The van der Waals surface area contributed by atoms with Crippen molar-refractivity contribution in [3.05, 3.63) is 200 Å². The van der Waals surface area contributed by atoms with Crippen LogP contribution in [0.4, 0.5) is 0 Å². The number of hydrogen-bond donors (Lipinski definition) is 0. The van der Waals surface area contributed by atoms with Crippen LogP contribution in [0.15, 0.2) is 205 Å². The van der Waals surface area contributed by atoms with E-state index in [1.165, 1.54) is 5.39 Å². The van der Waals surface area contributed by atoms with Gasteiger partial charge in [0.2, 0.25) is 0 Å². The van der Waals surface area contributed by atoms with E-state index in [4.69, 9.17) is 19.4 Å². The lowest BCUT2D eigenvalue weighted by molar-refractivity contribution is 0.670. The fourth-order valence-electron chi connectivity index (χ4n) is 8.12. The van der Waals surface area contributed by atoms with E-state index in [1.54, 1.807) is 0 Å². The molecule has 4 nitrogen and oxygen atoms in total. The van der Waals surface area contributed by atoms with E-state index < -0.39 is 0 Å². The number of aromatic nitrogens is 3. The van der Waals surface area contributed by atoms with E-state index in [1.807, 2.05) is 42.5 Å². The van der Waals surface area contributed by atoms with E-state index in [0.29, 0.717) is 5.82 Å². The molecule has 0 saturated carbocycles. The number of para-hydroxylation sites is 2. The van der Waals surface area contributed by atoms with Crippen LogP contribution in [0.2, 0.25) is 0 Å². The molecule has 0 aliphatic carbocycles. The second-order valence-corrected chi connectivity index (χ2v) is 14.3. The average molecular weight is 728 g/mol. The topological polar surface area (TPSA) is 51.8 Å². The normalized spacial score (nSPS) is 11.5. The maximum Gasteiger partial charge on any atom is 0.160 e. The highest BCUT2D eigenvalue weighted by Crippen LogP contribution is 2.43. The van der Waals surface area contributed by atoms with Gasteiger partial charge in [0.1, 0.15) is 11.2 Å². The first-order valence-corrected chi connectivity index (χ1v) is 19.2. The van der Waals surface area contributed by atoms with Crippen LogP contribution in [0.1, 0.15) is 0 Å². The van der Waals surface area contributed by atoms with Crippen LogP contribution < -0.4 is 0 Å². The van der Waals surface area contributed by atoms with Crippen LogP contribution in [0.5, 0.6) is 0 Å². The molecular formula is C53H33N3O. The Bertz CT molecular complexity index is 3190. The molecule has 0 aliphatic rings. The van der Waals surface area contributed by atoms with E-state index >= 15 is 0 Å². The molecule has 266 valence electrons. The standard InChI is InChI=1S/C53H33N3O/c1-4-13-37(14-5-1)46-33-47(56-53(55-46)40-17-8-3-9-18-40)38-29-25-35(26-30-38)34-23-27-36(28-24-34)41-20-12-21-44-50-48(57-52(41)44)32-31-43-49(50)42-19-10-11-22-45(42)54-51(43)39-15-6-2-7-16-39/h1-33H. The van der Waals surface area contributed by atoms with Crippen molar-refractivity contribution >= 4 is 43.6 Å². The molecule has 0 amide bonds. The van der Waals surface area contributed by atoms with Crippen molar-refractivity contribution in [1.82, 2.24) is 15.0 Å². The fourth-order valence-corrected chi connectivity index (χ4v) is 8.12. The Hall–Kier alpha value is -7.69. The van der Waals surface area contributed by atoms with Crippen LogP contribution in [0, 0.1) is 0 Å². The first-order chi connectivity index (χ1) is 28.2. The molecule has 3 heterocycles. The van der Waals surface area contributed by atoms with Gasteiger partial charge < -0.3 is 4.42 Å². The smallest absolute Gasteiger partial charge is 0.160 e. The third kappa shape index (κ3) is 5.74. The maximum absolute atomic E-state index is 6.75. The van der Waals surface area contributed by atoms with Crippen LogP contribution in [-0.4, -0.2) is 15.0 Å². The number of fused-ring (bicyclic) bond motifs is 7. The zero-order valence-electron chi connectivity index (χ0n) is 30.8. The van der Waals surface area contributed by atoms with E-state index in [-0.39, 0.29) is 0 Å². The van der Waals surface area contributed by atoms with Gasteiger partial charge in [0.25, 0.3) is 0 Å². The van der Waals surface area contributed by atoms with Gasteiger partial charge >= 0.3 is 0 Å². The third-order valence-corrected chi connectivity index (χ3v) is 10.9. The molecule has 4 heteroatoms. The van der Waals surface area contributed by atoms with Crippen molar-refractivity contribution in [2.75, 3.05) is 0 Å². The average Bonchev–Trinajstić information content (AvgIpc) is 3.69. The Morgan fingerprint density at radius 1 is 0.333 bits per heavy atom. The van der Waals surface area contributed by atoms with Gasteiger partial charge in [0.15, 0.2) is 5.82 Å². The SMILES string of the molecule is c1ccc(-c2cc(-c3ccc(-c4ccc(-c5cccc6c5oc5ccc7c(-c8ccccc8)nc8ccccc8c7c56)cc4)cc3)nc(-c3ccccc3)n2)cc1. The summed E-state index contributed by atoms with van der Waals surface area (Å²) in [6, 6.07) is 69.5. The summed E-state index contributed by atoms with van der Waals surface area (Å²) in [5.74, 6) is 0.710. The highest BCUT2D eigenvalue weighted by molar-refractivity contribution is 6.29. The molecule has 8 aromatic carbocycles. The van der Waals surface area contributed by atoms with Crippen LogP contribution in [-0.2, 0) is 0 Å². The zero-order chi connectivity index (χ0) is 37.7. The molecule has 3 aromatic heterocycles. The molecule has 0 bridgehead atoms. The predicted octanol–water partition coefficient (Wildman–Crippen LogP) is 14.1. The van der Waals surface area contributed by atoms with Crippen LogP contribution >= 0.6 is 0 Å². The minimum atomic E-state index is 0.710. The van der Waals surface area contributed by atoms with E-state index in [2.05, 4.69) is 158 Å². The predicted molar refractivity (Wildman–Crippen MR) is 235 cm³/mol. The highest BCUT2D eigenvalue weighted by Gasteiger charge is 2.19. The van der Waals surface area contributed by atoms with Gasteiger partial charge in [-0.2, -0.15) is 0 Å². The number of furan rings is 1. The Labute approximate surface area is 329 Å². The summed E-state index contributed by atoms with van der Waals surface area (Å²) < 4.78 is 6.75. The van der Waals surface area contributed by atoms with Crippen molar-refractivity contribution < 1.29 is 4.42 Å². The summed E-state index contributed by atoms with van der Waals surface area (Å²) >= 11 is 0. The minimum absolute atomic E-state index is 0.710.